The molecule has 2 atom stereocenters. The first-order valence-corrected chi connectivity index (χ1v) is 5.59. The maximum atomic E-state index is 11.7. The second kappa shape index (κ2) is 5.32. The van der Waals surface area contributed by atoms with E-state index in [4.69, 9.17) is 17.3 Å². The monoisotopic (exact) mass is 240 g/mol. The Kier molecular flexibility index (Phi) is 4.33. The molecule has 1 unspecified atom stereocenters. The summed E-state index contributed by atoms with van der Waals surface area (Å²) in [4.78, 5) is 13.3. The number of likely N-dealkylation sites (N-methyl/N-ethyl adjacent to an activating group) is 1. The van der Waals surface area contributed by atoms with Crippen LogP contribution in [0.15, 0.2) is 24.3 Å². The highest BCUT2D eigenvalue weighted by molar-refractivity contribution is 6.30. The van der Waals surface area contributed by atoms with E-state index in [-0.39, 0.29) is 11.9 Å². The highest BCUT2D eigenvalue weighted by atomic mass is 35.5. The summed E-state index contributed by atoms with van der Waals surface area (Å²) < 4.78 is 0. The summed E-state index contributed by atoms with van der Waals surface area (Å²) in [5.74, 6) is -0.0764. The molecule has 0 saturated heterocycles. The van der Waals surface area contributed by atoms with E-state index in [2.05, 4.69) is 0 Å². The van der Waals surface area contributed by atoms with Crippen LogP contribution in [0.4, 0.5) is 0 Å². The van der Waals surface area contributed by atoms with Gasteiger partial charge >= 0.3 is 0 Å². The fourth-order valence-electron chi connectivity index (χ4n) is 1.50. The Bertz CT molecular complexity index is 379. The average molecular weight is 241 g/mol. The van der Waals surface area contributed by atoms with Gasteiger partial charge < -0.3 is 10.6 Å². The van der Waals surface area contributed by atoms with Crippen molar-refractivity contribution in [3.8, 4) is 0 Å². The second-order valence-corrected chi connectivity index (χ2v) is 4.41. The van der Waals surface area contributed by atoms with Crippen LogP contribution in [-0.2, 0) is 4.79 Å². The number of nitrogens with zero attached hydrogens (tertiary/aromatic N) is 1. The predicted octanol–water partition coefficient (Wildman–Crippen LogP) is 2.21. The second-order valence-electron chi connectivity index (χ2n) is 3.97. The maximum Gasteiger partial charge on any atom is 0.239 e. The van der Waals surface area contributed by atoms with Crippen molar-refractivity contribution in [2.45, 2.75) is 25.9 Å². The van der Waals surface area contributed by atoms with Crippen LogP contribution < -0.4 is 5.73 Å². The number of carbonyl (C=O) groups is 1. The number of rotatable bonds is 3. The molecule has 1 rings (SSSR count). The molecule has 0 radical (unpaired) electrons. The molecule has 88 valence electrons. The quantitative estimate of drug-likeness (QED) is 0.881. The van der Waals surface area contributed by atoms with Crippen molar-refractivity contribution in [1.82, 2.24) is 4.90 Å². The van der Waals surface area contributed by atoms with Crippen molar-refractivity contribution >= 4 is 17.5 Å². The number of hydrogen-bond acceptors (Lipinski definition) is 2. The van der Waals surface area contributed by atoms with E-state index in [1.165, 1.54) is 0 Å². The van der Waals surface area contributed by atoms with Gasteiger partial charge in [0.1, 0.15) is 0 Å². The minimum atomic E-state index is -0.480. The van der Waals surface area contributed by atoms with Crippen LogP contribution in [0.3, 0.4) is 0 Å². The molecule has 1 aromatic carbocycles. The van der Waals surface area contributed by atoms with Crippen LogP contribution in [0.5, 0.6) is 0 Å². The third-order valence-electron chi connectivity index (χ3n) is 2.65. The molecule has 0 aliphatic carbocycles. The van der Waals surface area contributed by atoms with E-state index in [0.29, 0.717) is 5.02 Å². The van der Waals surface area contributed by atoms with Gasteiger partial charge in [-0.25, -0.2) is 0 Å². The average Bonchev–Trinajstić information content (AvgIpc) is 2.26. The largest absolute Gasteiger partial charge is 0.338 e. The topological polar surface area (TPSA) is 46.3 Å². The van der Waals surface area contributed by atoms with E-state index >= 15 is 0 Å². The first-order valence-electron chi connectivity index (χ1n) is 5.21. The molecule has 1 amide bonds. The van der Waals surface area contributed by atoms with Crippen molar-refractivity contribution < 1.29 is 4.79 Å². The van der Waals surface area contributed by atoms with Crippen molar-refractivity contribution in [1.29, 1.82) is 0 Å². The zero-order chi connectivity index (χ0) is 12.3. The molecule has 0 aliphatic rings. The van der Waals surface area contributed by atoms with E-state index in [1.807, 2.05) is 31.2 Å². The van der Waals surface area contributed by atoms with Gasteiger partial charge in [-0.3, -0.25) is 4.79 Å². The molecular formula is C12H17ClN2O. The van der Waals surface area contributed by atoms with Crippen LogP contribution in [0.1, 0.15) is 25.5 Å². The molecular weight excluding hydrogens is 224 g/mol. The minimum absolute atomic E-state index is 0.0304. The zero-order valence-corrected chi connectivity index (χ0v) is 10.5. The number of amides is 1. The Balaban J connectivity index is 2.85. The molecule has 16 heavy (non-hydrogen) atoms. The summed E-state index contributed by atoms with van der Waals surface area (Å²) in [6.45, 7) is 3.63. The normalized spacial score (nSPS) is 14.3. The van der Waals surface area contributed by atoms with E-state index in [9.17, 15) is 4.79 Å². The highest BCUT2D eigenvalue weighted by Crippen LogP contribution is 2.22. The number of halogens is 1. The highest BCUT2D eigenvalue weighted by Gasteiger charge is 2.19. The van der Waals surface area contributed by atoms with Crippen molar-refractivity contribution in [3.63, 3.8) is 0 Å². The Morgan fingerprint density at radius 3 is 2.56 bits per heavy atom. The van der Waals surface area contributed by atoms with Crippen molar-refractivity contribution in [2.24, 2.45) is 5.73 Å². The summed E-state index contributed by atoms with van der Waals surface area (Å²) in [6.07, 6.45) is 0. The van der Waals surface area contributed by atoms with Gasteiger partial charge in [-0.1, -0.05) is 23.7 Å². The summed E-state index contributed by atoms with van der Waals surface area (Å²) in [5, 5.41) is 0.672. The van der Waals surface area contributed by atoms with Gasteiger partial charge in [0.2, 0.25) is 5.91 Å². The van der Waals surface area contributed by atoms with Gasteiger partial charge in [-0.15, -0.1) is 0 Å². The molecule has 3 nitrogen and oxygen atoms in total. The summed E-state index contributed by atoms with van der Waals surface area (Å²) in [5.41, 5.74) is 6.57. The maximum absolute atomic E-state index is 11.7. The molecule has 1 aromatic rings. The fraction of sp³-hybridized carbons (Fsp3) is 0.417. The molecule has 0 spiro atoms. The van der Waals surface area contributed by atoms with Gasteiger partial charge in [0, 0.05) is 12.1 Å². The first kappa shape index (κ1) is 13.0. The zero-order valence-electron chi connectivity index (χ0n) is 9.77. The SMILES string of the molecule is CC(c1cccc(Cl)c1)N(C)C(=O)[C@@H](C)N. The lowest BCUT2D eigenvalue weighted by molar-refractivity contribution is -0.132. The smallest absolute Gasteiger partial charge is 0.239 e. The molecule has 0 heterocycles. The van der Waals surface area contributed by atoms with Crippen molar-refractivity contribution in [3.05, 3.63) is 34.9 Å². The van der Waals surface area contributed by atoms with Gasteiger partial charge in [0.05, 0.1) is 12.1 Å². The Morgan fingerprint density at radius 1 is 1.44 bits per heavy atom. The standard InChI is InChI=1S/C12H17ClN2O/c1-8(14)12(16)15(3)9(2)10-5-4-6-11(13)7-10/h4-9H,14H2,1-3H3/t8-,9?/m1/s1. The van der Waals surface area contributed by atoms with Gasteiger partial charge in [-0.2, -0.15) is 0 Å². The number of benzene rings is 1. The van der Waals surface area contributed by atoms with Gasteiger partial charge in [0.15, 0.2) is 0 Å². The predicted molar refractivity (Wildman–Crippen MR) is 66.3 cm³/mol. The van der Waals surface area contributed by atoms with E-state index in [0.717, 1.165) is 5.56 Å². The number of nitrogens with two attached hydrogens (primary N) is 1. The Hall–Kier alpha value is -1.06. The van der Waals surface area contributed by atoms with Gasteiger partial charge in [-0.05, 0) is 31.5 Å². The third-order valence-corrected chi connectivity index (χ3v) is 2.88. The lowest BCUT2D eigenvalue weighted by atomic mass is 10.1. The van der Waals surface area contributed by atoms with E-state index in [1.54, 1.807) is 18.9 Å². The fourth-order valence-corrected chi connectivity index (χ4v) is 1.70. The lowest BCUT2D eigenvalue weighted by Crippen LogP contribution is -2.40. The molecule has 0 bridgehead atoms. The first-order chi connectivity index (χ1) is 7.43. The Labute approximate surface area is 101 Å². The van der Waals surface area contributed by atoms with Crippen LogP contribution >= 0.6 is 11.6 Å². The molecule has 2 N–H and O–H groups in total. The number of hydrogen-bond donors (Lipinski definition) is 1. The van der Waals surface area contributed by atoms with Crippen LogP contribution in [0.2, 0.25) is 5.02 Å². The molecule has 0 aliphatic heterocycles. The van der Waals surface area contributed by atoms with Gasteiger partial charge in [0.25, 0.3) is 0 Å². The summed E-state index contributed by atoms with van der Waals surface area (Å²) in [7, 11) is 1.75. The van der Waals surface area contributed by atoms with E-state index < -0.39 is 6.04 Å². The minimum Gasteiger partial charge on any atom is -0.338 e. The van der Waals surface area contributed by atoms with Crippen LogP contribution in [-0.4, -0.2) is 23.9 Å². The van der Waals surface area contributed by atoms with Crippen molar-refractivity contribution in [2.75, 3.05) is 7.05 Å². The third kappa shape index (κ3) is 2.97. The van der Waals surface area contributed by atoms with Crippen LogP contribution in [0.25, 0.3) is 0 Å². The number of carbonyl (C=O) groups excluding carboxylic acids is 1. The van der Waals surface area contributed by atoms with Crippen LogP contribution in [0, 0.1) is 0 Å². The molecule has 0 fully saturated rings. The molecule has 4 heteroatoms. The Morgan fingerprint density at radius 2 is 2.06 bits per heavy atom. The molecule has 0 aromatic heterocycles. The summed E-state index contributed by atoms with van der Waals surface area (Å²) in [6, 6.07) is 6.98. The molecule has 0 saturated carbocycles. The summed E-state index contributed by atoms with van der Waals surface area (Å²) >= 11 is 5.91. The lowest BCUT2D eigenvalue weighted by Gasteiger charge is -2.27.